The lowest BCUT2D eigenvalue weighted by atomic mass is 10.1. The highest BCUT2D eigenvalue weighted by atomic mass is 35.5. The maximum atomic E-state index is 12.5. The fraction of sp³-hybridized carbons (Fsp3) is 0.115. The number of ether oxygens (including phenoxy) is 1. The molecule has 0 aliphatic rings. The number of aromatic nitrogens is 2. The number of nitrogens with one attached hydrogen (secondary N) is 2. The summed E-state index contributed by atoms with van der Waals surface area (Å²) in [7, 11) is 1.56. The van der Waals surface area contributed by atoms with Crippen LogP contribution < -0.4 is 15.6 Å². The number of aromatic amines is 1. The first-order chi connectivity index (χ1) is 16.4. The summed E-state index contributed by atoms with van der Waals surface area (Å²) >= 11 is 5.89. The predicted octanol–water partition coefficient (Wildman–Crippen LogP) is 4.61. The van der Waals surface area contributed by atoms with Crippen LogP contribution >= 0.6 is 11.6 Å². The molecule has 0 saturated heterocycles. The van der Waals surface area contributed by atoms with E-state index in [4.69, 9.17) is 16.3 Å². The van der Waals surface area contributed by atoms with E-state index in [-0.39, 0.29) is 17.4 Å². The average Bonchev–Trinajstić information content (AvgIpc) is 2.85. The normalized spacial score (nSPS) is 11.4. The van der Waals surface area contributed by atoms with Crippen LogP contribution in [0.4, 0.5) is 0 Å². The third-order valence-corrected chi connectivity index (χ3v) is 5.50. The highest BCUT2D eigenvalue weighted by molar-refractivity contribution is 6.30. The molecule has 34 heavy (non-hydrogen) atoms. The molecule has 7 nitrogen and oxygen atoms in total. The Balaban J connectivity index is 1.48. The number of nitrogens with zero attached hydrogens (tertiary/aromatic N) is 1. The molecule has 0 saturated carbocycles. The van der Waals surface area contributed by atoms with Gasteiger partial charge in [0.05, 0.1) is 18.1 Å². The van der Waals surface area contributed by atoms with Crippen LogP contribution in [0.1, 0.15) is 27.2 Å². The Kier molecular flexibility index (Phi) is 6.94. The molecule has 3 N–H and O–H groups in total. The number of hydrogen-bond donors (Lipinski definition) is 3. The van der Waals surface area contributed by atoms with Gasteiger partial charge in [-0.2, -0.15) is 0 Å². The Hall–Kier alpha value is -4.10. The van der Waals surface area contributed by atoms with Crippen LogP contribution in [0.15, 0.2) is 71.5 Å². The topological polar surface area (TPSA) is 104 Å². The van der Waals surface area contributed by atoms with E-state index in [9.17, 15) is 14.7 Å². The fourth-order valence-corrected chi connectivity index (χ4v) is 3.51. The number of carbonyl (C=O) groups excluding carboxylic acids is 1. The van der Waals surface area contributed by atoms with Crippen LogP contribution in [0.2, 0.25) is 5.02 Å². The van der Waals surface area contributed by atoms with E-state index in [0.29, 0.717) is 45.9 Å². The monoisotopic (exact) mass is 475 g/mol. The highest BCUT2D eigenvalue weighted by Crippen LogP contribution is 2.19. The van der Waals surface area contributed by atoms with Gasteiger partial charge in [0.25, 0.3) is 11.5 Å². The van der Waals surface area contributed by atoms with E-state index in [1.165, 1.54) is 6.08 Å². The molecule has 0 aliphatic heterocycles. The molecular formula is C26H22ClN3O4. The number of H-pyrrole nitrogens is 1. The first-order valence-corrected chi connectivity index (χ1v) is 10.9. The number of aliphatic hydroxyl groups excluding tert-OH is 1. The second-order valence-corrected chi connectivity index (χ2v) is 8.01. The van der Waals surface area contributed by atoms with Crippen molar-refractivity contribution in [3.05, 3.63) is 104 Å². The third kappa shape index (κ3) is 5.44. The van der Waals surface area contributed by atoms with Gasteiger partial charge in [-0.1, -0.05) is 23.7 Å². The minimum atomic E-state index is -0.479. The molecular weight excluding hydrogens is 454 g/mol. The van der Waals surface area contributed by atoms with Gasteiger partial charge in [-0.05, 0) is 66.6 Å². The summed E-state index contributed by atoms with van der Waals surface area (Å²) in [5.74, 6) is 0.303. The van der Waals surface area contributed by atoms with Gasteiger partial charge >= 0.3 is 0 Å². The lowest BCUT2D eigenvalue weighted by Crippen LogP contribution is -2.25. The molecule has 172 valence electrons. The zero-order chi connectivity index (χ0) is 24.1. The van der Waals surface area contributed by atoms with Crippen LogP contribution in [0.5, 0.6) is 5.75 Å². The summed E-state index contributed by atoms with van der Waals surface area (Å²) in [5.41, 5.74) is 2.49. The third-order valence-electron chi connectivity index (χ3n) is 5.25. The van der Waals surface area contributed by atoms with Gasteiger partial charge in [0, 0.05) is 28.8 Å². The number of hydrogen-bond acceptors (Lipinski definition) is 5. The molecule has 1 heterocycles. The van der Waals surface area contributed by atoms with E-state index in [0.717, 1.165) is 5.56 Å². The van der Waals surface area contributed by atoms with E-state index in [2.05, 4.69) is 15.3 Å². The number of halogens is 1. The van der Waals surface area contributed by atoms with Gasteiger partial charge in [0.15, 0.2) is 0 Å². The van der Waals surface area contributed by atoms with Crippen molar-refractivity contribution in [2.45, 2.75) is 6.42 Å². The Morgan fingerprint density at radius 2 is 1.79 bits per heavy atom. The minimum Gasteiger partial charge on any atom is -0.507 e. The fourth-order valence-electron chi connectivity index (χ4n) is 3.39. The van der Waals surface area contributed by atoms with Crippen LogP contribution in [-0.4, -0.2) is 34.6 Å². The number of carbonyl (C=O) groups is 1. The number of benzene rings is 3. The van der Waals surface area contributed by atoms with Gasteiger partial charge in [-0.15, -0.1) is 0 Å². The molecule has 1 amide bonds. The van der Waals surface area contributed by atoms with E-state index in [1.807, 2.05) is 24.3 Å². The van der Waals surface area contributed by atoms with Crippen LogP contribution in [0.3, 0.4) is 0 Å². The number of amides is 1. The van der Waals surface area contributed by atoms with Crippen molar-refractivity contribution in [1.82, 2.24) is 15.3 Å². The van der Waals surface area contributed by atoms with Crippen molar-refractivity contribution in [2.75, 3.05) is 13.7 Å². The zero-order valence-electron chi connectivity index (χ0n) is 18.3. The second kappa shape index (κ2) is 10.2. The maximum absolute atomic E-state index is 12.5. The molecule has 0 radical (unpaired) electrons. The van der Waals surface area contributed by atoms with E-state index >= 15 is 0 Å². The Labute approximate surface area is 200 Å². The van der Waals surface area contributed by atoms with Crippen molar-refractivity contribution in [3.63, 3.8) is 0 Å². The summed E-state index contributed by atoms with van der Waals surface area (Å²) in [6.07, 6.45) is 1.97. The van der Waals surface area contributed by atoms with Crippen LogP contribution in [-0.2, 0) is 6.42 Å². The predicted molar refractivity (Wildman–Crippen MR) is 133 cm³/mol. The van der Waals surface area contributed by atoms with Crippen molar-refractivity contribution >= 4 is 40.4 Å². The quantitative estimate of drug-likeness (QED) is 0.338. The van der Waals surface area contributed by atoms with Gasteiger partial charge in [-0.25, -0.2) is 4.98 Å². The van der Waals surface area contributed by atoms with Crippen molar-refractivity contribution in [3.8, 4) is 5.75 Å². The van der Waals surface area contributed by atoms with Crippen LogP contribution in [0.25, 0.3) is 22.9 Å². The number of fused-ring (bicyclic) bond motifs is 1. The van der Waals surface area contributed by atoms with Gasteiger partial charge in [0.2, 0.25) is 0 Å². The summed E-state index contributed by atoms with van der Waals surface area (Å²) in [4.78, 5) is 32.1. The van der Waals surface area contributed by atoms with Gasteiger partial charge in [0.1, 0.15) is 17.2 Å². The molecule has 1 aromatic heterocycles. The molecule has 0 aliphatic carbocycles. The zero-order valence-corrected chi connectivity index (χ0v) is 19.1. The highest BCUT2D eigenvalue weighted by Gasteiger charge is 2.10. The summed E-state index contributed by atoms with van der Waals surface area (Å²) in [6, 6.07) is 19.1. The molecule has 4 rings (SSSR count). The Morgan fingerprint density at radius 3 is 2.50 bits per heavy atom. The largest absolute Gasteiger partial charge is 0.507 e. The second-order valence-electron chi connectivity index (χ2n) is 7.57. The molecule has 0 bridgehead atoms. The van der Waals surface area contributed by atoms with Crippen molar-refractivity contribution in [1.29, 1.82) is 0 Å². The standard InChI is InChI=1S/C26H22ClN3O4/c1-34-20-9-4-17(5-10-20)24(31)15-23-26(33)30-22-14-18(6-11-21(22)29-23)25(32)28-13-12-16-2-7-19(27)8-3-16/h2-11,14-15,31H,12-13H2,1H3,(H,28,32)(H,30,33)/b24-15-. The lowest BCUT2D eigenvalue weighted by molar-refractivity contribution is 0.0954. The number of aliphatic hydroxyl groups is 1. The first kappa shape index (κ1) is 23.1. The van der Waals surface area contributed by atoms with E-state index < -0.39 is 5.56 Å². The average molecular weight is 476 g/mol. The lowest BCUT2D eigenvalue weighted by Gasteiger charge is -2.07. The van der Waals surface area contributed by atoms with Gasteiger partial charge in [-0.3, -0.25) is 9.59 Å². The molecule has 3 aromatic carbocycles. The van der Waals surface area contributed by atoms with Crippen molar-refractivity contribution in [2.24, 2.45) is 0 Å². The summed E-state index contributed by atoms with van der Waals surface area (Å²) < 4.78 is 5.11. The SMILES string of the molecule is COc1ccc(/C(O)=C/c2nc3ccc(C(=O)NCCc4ccc(Cl)cc4)cc3[nH]c2=O)cc1. The van der Waals surface area contributed by atoms with Crippen LogP contribution in [0, 0.1) is 0 Å². The Bertz CT molecular complexity index is 1410. The first-order valence-electron chi connectivity index (χ1n) is 10.5. The van der Waals surface area contributed by atoms with Crippen molar-refractivity contribution < 1.29 is 14.6 Å². The smallest absolute Gasteiger partial charge is 0.274 e. The molecule has 0 fully saturated rings. The molecule has 0 spiro atoms. The molecule has 0 unspecified atom stereocenters. The van der Waals surface area contributed by atoms with Gasteiger partial charge < -0.3 is 20.1 Å². The number of methoxy groups -OCH3 is 1. The number of rotatable bonds is 7. The molecule has 8 heteroatoms. The molecule has 0 atom stereocenters. The van der Waals surface area contributed by atoms with E-state index in [1.54, 1.807) is 49.6 Å². The summed E-state index contributed by atoms with van der Waals surface area (Å²) in [5, 5.41) is 13.9. The summed E-state index contributed by atoms with van der Waals surface area (Å²) in [6.45, 7) is 0.460. The minimum absolute atomic E-state index is 0.0565. The maximum Gasteiger partial charge on any atom is 0.274 e. The molecule has 4 aromatic rings. The Morgan fingerprint density at radius 1 is 1.09 bits per heavy atom.